The second-order valence-electron chi connectivity index (χ2n) is 14.5. The smallest absolute Gasteiger partial charge is 0.164 e. The molecule has 0 aliphatic rings. The highest BCUT2D eigenvalue weighted by Gasteiger charge is 2.19. The monoisotopic (exact) mass is 788 g/mol. The Hall–Kier alpha value is -8.21. The van der Waals surface area contributed by atoms with Crippen LogP contribution >= 0.6 is 0 Å². The molecule has 11 rings (SSSR count). The summed E-state index contributed by atoms with van der Waals surface area (Å²) in [4.78, 5) is 14.6. The van der Waals surface area contributed by atoms with Gasteiger partial charge in [0.1, 0.15) is 11.2 Å². The Labute approximate surface area is 366 Å². The average Bonchev–Trinajstić information content (AvgIpc) is 3.79. The zero-order valence-electron chi connectivity index (χ0n) is 41.4. The van der Waals surface area contributed by atoms with Crippen LogP contribution in [0.25, 0.3) is 112 Å². The highest BCUT2D eigenvalue weighted by Crippen LogP contribution is 2.42. The summed E-state index contributed by atoms with van der Waals surface area (Å²) in [7, 11) is 0. The van der Waals surface area contributed by atoms with Crippen LogP contribution in [0.2, 0.25) is 0 Å². The Kier molecular flexibility index (Phi) is 6.99. The van der Waals surface area contributed by atoms with Crippen LogP contribution in [-0.4, -0.2) is 15.0 Å². The summed E-state index contributed by atoms with van der Waals surface area (Å²) < 4.78 is 85.2. The third-order valence-electron chi connectivity index (χ3n) is 10.7. The van der Waals surface area contributed by atoms with Crippen LogP contribution in [0.1, 0.15) is 12.3 Å². The van der Waals surface area contributed by atoms with E-state index in [1.807, 2.05) is 115 Å². The lowest BCUT2D eigenvalue weighted by Crippen LogP contribution is -2.00. The second kappa shape index (κ2) is 15.5. The van der Waals surface area contributed by atoms with Crippen LogP contribution in [0.5, 0.6) is 0 Å². The van der Waals surface area contributed by atoms with Crippen molar-refractivity contribution in [1.29, 1.82) is 0 Å². The number of nitrogens with zero attached hydrogens (tertiary/aromatic N) is 3. The van der Waals surface area contributed by atoms with Gasteiger partial charge in [-0.05, 0) is 79.9 Å². The van der Waals surface area contributed by atoms with Crippen molar-refractivity contribution in [3.8, 4) is 89.8 Å². The molecule has 0 radical (unpaired) electrons. The van der Waals surface area contributed by atoms with Crippen molar-refractivity contribution in [3.63, 3.8) is 0 Å². The van der Waals surface area contributed by atoms with E-state index in [4.69, 9.17) is 29.0 Å². The Morgan fingerprint density at radius 2 is 0.738 bits per heavy atom. The molecule has 0 unspecified atom stereocenters. The Balaban J connectivity index is 1.09. The van der Waals surface area contributed by atoms with Gasteiger partial charge >= 0.3 is 0 Å². The average molecular weight is 789 g/mol. The third kappa shape index (κ3) is 7.07. The first-order valence-corrected chi connectivity index (χ1v) is 19.8. The van der Waals surface area contributed by atoms with E-state index < -0.39 is 65.5 Å². The Morgan fingerprint density at radius 3 is 1.33 bits per heavy atom. The summed E-state index contributed by atoms with van der Waals surface area (Å²) in [6.45, 7) is 0. The van der Waals surface area contributed by atoms with Gasteiger partial charge in [0.05, 0.1) is 12.3 Å². The van der Waals surface area contributed by atoms with Gasteiger partial charge in [-0.25, -0.2) is 15.0 Å². The topological polar surface area (TPSA) is 51.8 Å². The van der Waals surface area contributed by atoms with Crippen LogP contribution in [0.15, 0.2) is 229 Å². The lowest BCUT2D eigenvalue weighted by atomic mass is 9.93. The molecule has 0 fully saturated rings. The number of fused-ring (bicyclic) bond motifs is 3. The minimum Gasteiger partial charge on any atom is -0.456 e. The molecule has 0 amide bonds. The van der Waals surface area contributed by atoms with Crippen molar-refractivity contribution in [2.24, 2.45) is 0 Å². The van der Waals surface area contributed by atoms with Gasteiger partial charge in [-0.2, -0.15) is 0 Å². The fourth-order valence-electron chi connectivity index (χ4n) is 7.66. The molecule has 286 valence electrons. The summed E-state index contributed by atoms with van der Waals surface area (Å²) in [6, 6.07) is 50.7. The number of rotatable bonds is 8. The molecule has 2 aromatic heterocycles. The summed E-state index contributed by atoms with van der Waals surface area (Å²) >= 11 is 0. The van der Waals surface area contributed by atoms with Crippen LogP contribution in [0.4, 0.5) is 0 Å². The first-order valence-electron chi connectivity index (χ1n) is 24.3. The maximum atomic E-state index is 9.26. The van der Waals surface area contributed by atoms with Crippen molar-refractivity contribution in [1.82, 2.24) is 15.0 Å². The molecular weight excluding hydrogens is 743 g/mol. The van der Waals surface area contributed by atoms with E-state index in [1.54, 1.807) is 0 Å². The normalized spacial score (nSPS) is 13.3. The maximum Gasteiger partial charge on any atom is 0.164 e. The van der Waals surface area contributed by atoms with Crippen molar-refractivity contribution in [2.75, 3.05) is 0 Å². The minimum absolute atomic E-state index is 0.157. The molecule has 0 atom stereocenters. The van der Waals surface area contributed by atoms with E-state index >= 15 is 0 Å². The van der Waals surface area contributed by atoms with Gasteiger partial charge in [-0.3, -0.25) is 0 Å². The minimum atomic E-state index is -0.659. The molecule has 9 aromatic carbocycles. The molecule has 0 spiro atoms. The predicted octanol–water partition coefficient (Wildman–Crippen LogP) is 15.1. The van der Waals surface area contributed by atoms with Gasteiger partial charge in [0.25, 0.3) is 0 Å². The standard InChI is InChI=1S/C57H37N3O/c1-5-13-38(14-6-1)42-21-27-45(28-22-42)51-35-49(41-19-11-4-12-20-41)37-53-54(51)50-34-33-48(36-52(50)61-53)57-59-55(46-29-23-43(24-30-46)39-15-7-2-8-16-39)58-56(60-57)47-31-25-44(26-32-47)40-17-9-3-10-18-40/h1-37H/i2D,7D,8D,15D,16D,23D,24D,29D,30D. The fourth-order valence-corrected chi connectivity index (χ4v) is 7.66. The molecule has 4 heteroatoms. The molecule has 0 saturated carbocycles. The second-order valence-corrected chi connectivity index (χ2v) is 14.5. The van der Waals surface area contributed by atoms with Crippen molar-refractivity contribution < 1.29 is 16.8 Å². The van der Waals surface area contributed by atoms with Crippen LogP contribution in [-0.2, 0) is 0 Å². The summed E-state index contributed by atoms with van der Waals surface area (Å²) in [6.07, 6.45) is 0. The van der Waals surface area contributed by atoms with E-state index in [-0.39, 0.29) is 23.0 Å². The number of furan rings is 1. The highest BCUT2D eigenvalue weighted by molar-refractivity contribution is 6.14. The molecule has 0 N–H and O–H groups in total. The molecule has 0 aliphatic heterocycles. The molecule has 0 bridgehead atoms. The molecule has 4 nitrogen and oxygen atoms in total. The fraction of sp³-hybridized carbons (Fsp3) is 0. The van der Waals surface area contributed by atoms with E-state index in [1.165, 1.54) is 0 Å². The predicted molar refractivity (Wildman–Crippen MR) is 251 cm³/mol. The van der Waals surface area contributed by atoms with E-state index in [2.05, 4.69) is 54.6 Å². The Morgan fingerprint density at radius 1 is 0.311 bits per heavy atom. The van der Waals surface area contributed by atoms with Crippen molar-refractivity contribution in [3.05, 3.63) is 224 Å². The SMILES string of the molecule is [2H]c1c([2H])c([2H])c(-c2c([2H])c([2H])c(-c3nc(-c4ccc(-c5ccccc5)cc4)nc(-c4ccc5c(c4)oc4cc(-c6ccccc6)cc(-c6ccc(-c7ccccc7)cc6)c45)n3)c([2H])c2[2H])c([2H])c1[2H]. The van der Waals surface area contributed by atoms with Crippen LogP contribution in [0, 0.1) is 0 Å². The van der Waals surface area contributed by atoms with Gasteiger partial charge in [0.15, 0.2) is 17.5 Å². The molecule has 0 aliphatic carbocycles. The molecule has 2 heterocycles. The van der Waals surface area contributed by atoms with E-state index in [9.17, 15) is 2.74 Å². The first kappa shape index (κ1) is 27.5. The van der Waals surface area contributed by atoms with Crippen LogP contribution < -0.4 is 0 Å². The van der Waals surface area contributed by atoms with E-state index in [0.29, 0.717) is 22.3 Å². The number of benzene rings is 9. The first-order chi connectivity index (χ1) is 33.9. The van der Waals surface area contributed by atoms with E-state index in [0.717, 1.165) is 55.3 Å². The summed E-state index contributed by atoms with van der Waals surface area (Å²) in [5, 5.41) is 1.78. The summed E-state index contributed by atoms with van der Waals surface area (Å²) in [5.41, 5.74) is 9.44. The number of aromatic nitrogens is 3. The van der Waals surface area contributed by atoms with Crippen molar-refractivity contribution in [2.45, 2.75) is 0 Å². The zero-order valence-corrected chi connectivity index (χ0v) is 32.4. The van der Waals surface area contributed by atoms with Gasteiger partial charge in [0, 0.05) is 27.5 Å². The van der Waals surface area contributed by atoms with Gasteiger partial charge in [-0.1, -0.05) is 200 Å². The Bertz CT molecular complexity index is 3790. The van der Waals surface area contributed by atoms with Gasteiger partial charge < -0.3 is 4.42 Å². The van der Waals surface area contributed by atoms with Crippen molar-refractivity contribution >= 4 is 21.9 Å². The summed E-state index contributed by atoms with van der Waals surface area (Å²) in [5.74, 6) is 0.211. The molecule has 11 aromatic rings. The lowest BCUT2D eigenvalue weighted by molar-refractivity contribution is 0.669. The molecule has 61 heavy (non-hydrogen) atoms. The van der Waals surface area contributed by atoms with Gasteiger partial charge in [-0.15, -0.1) is 0 Å². The van der Waals surface area contributed by atoms with Crippen LogP contribution in [0.3, 0.4) is 0 Å². The number of hydrogen-bond acceptors (Lipinski definition) is 4. The highest BCUT2D eigenvalue weighted by atomic mass is 16.3. The molecule has 0 saturated heterocycles. The van der Waals surface area contributed by atoms with Gasteiger partial charge in [0.2, 0.25) is 0 Å². The largest absolute Gasteiger partial charge is 0.456 e. The maximum absolute atomic E-state index is 9.26. The molecular formula is C57H37N3O. The lowest BCUT2D eigenvalue weighted by Gasteiger charge is -2.10. The third-order valence-corrected chi connectivity index (χ3v) is 10.7. The quantitative estimate of drug-likeness (QED) is 0.154. The zero-order chi connectivity index (χ0) is 48.4. The number of hydrogen-bond donors (Lipinski definition) is 0.